The van der Waals surface area contributed by atoms with Crippen molar-refractivity contribution in [1.82, 2.24) is 9.13 Å². The second-order valence-electron chi connectivity index (χ2n) is 13.3. The lowest BCUT2D eigenvalue weighted by Gasteiger charge is -2.20. The third-order valence-corrected chi connectivity index (χ3v) is 9.56. The minimum Gasteiger partial charge on any atom is -0.308 e. The Morgan fingerprint density at radius 2 is 0.898 bits per heavy atom. The highest BCUT2D eigenvalue weighted by Gasteiger charge is 2.31. The van der Waals surface area contributed by atoms with E-state index in [1.807, 2.05) is 12.1 Å². The topological polar surface area (TPSA) is 14.2 Å². The normalized spacial score (nSPS) is 12.1. The Morgan fingerprint density at radius 3 is 1.29 bits per heavy atom. The molecule has 0 unspecified atom stereocenters. The zero-order chi connectivity index (χ0) is 34.4. The molecular weight excluding hydrogens is 615 g/mol. The molecule has 6 aromatic carbocycles. The SMILES string of the molecule is [C-]#[N+]c1cc(-n2c3ccc(C)cc3c3cc(C)ccc32)c(-n2c3ccc(C)cc3c3cc(C)ccc32)cc1-c1cc(C)cc(C(F)(F)F)c1. The van der Waals surface area contributed by atoms with E-state index in [0.29, 0.717) is 16.7 Å². The molecule has 3 nitrogen and oxygen atoms in total. The number of hydrogen-bond donors (Lipinski definition) is 0. The lowest BCUT2D eigenvalue weighted by Crippen LogP contribution is -2.06. The molecule has 0 fully saturated rings. The van der Waals surface area contributed by atoms with Gasteiger partial charge < -0.3 is 9.13 Å². The van der Waals surface area contributed by atoms with Gasteiger partial charge in [-0.2, -0.15) is 13.2 Å². The van der Waals surface area contributed by atoms with Crippen LogP contribution in [0.25, 0.3) is 71.0 Å². The Balaban J connectivity index is 1.57. The Kier molecular flexibility index (Phi) is 6.77. The molecular formula is C43H32F3N3. The monoisotopic (exact) mass is 647 g/mol. The number of fused-ring (bicyclic) bond motifs is 6. The first-order chi connectivity index (χ1) is 23.4. The highest BCUT2D eigenvalue weighted by molar-refractivity contribution is 6.12. The van der Waals surface area contributed by atoms with Gasteiger partial charge in [0.15, 0.2) is 5.69 Å². The molecule has 0 spiro atoms. The Bertz CT molecular complexity index is 2600. The summed E-state index contributed by atoms with van der Waals surface area (Å²) >= 11 is 0. The molecule has 0 atom stereocenters. The van der Waals surface area contributed by atoms with Crippen LogP contribution in [0.2, 0.25) is 0 Å². The van der Waals surface area contributed by atoms with Crippen molar-refractivity contribution in [2.75, 3.05) is 0 Å². The molecule has 6 heteroatoms. The number of nitrogens with zero attached hydrogens (tertiary/aromatic N) is 3. The van der Waals surface area contributed by atoms with Gasteiger partial charge in [-0.3, -0.25) is 0 Å². The zero-order valence-electron chi connectivity index (χ0n) is 27.8. The van der Waals surface area contributed by atoms with Crippen LogP contribution in [0.4, 0.5) is 18.9 Å². The zero-order valence-corrected chi connectivity index (χ0v) is 27.8. The van der Waals surface area contributed by atoms with Gasteiger partial charge >= 0.3 is 6.18 Å². The Morgan fingerprint density at radius 1 is 0.490 bits per heavy atom. The average molecular weight is 648 g/mol. The number of alkyl halides is 3. The van der Waals surface area contributed by atoms with Crippen LogP contribution in [-0.2, 0) is 6.18 Å². The van der Waals surface area contributed by atoms with Gasteiger partial charge in [0.2, 0.25) is 0 Å². The van der Waals surface area contributed by atoms with Crippen molar-refractivity contribution < 1.29 is 13.2 Å². The molecule has 2 aromatic heterocycles. The maximum atomic E-state index is 14.1. The predicted molar refractivity (Wildman–Crippen MR) is 196 cm³/mol. The number of halogens is 3. The molecule has 2 heterocycles. The Hall–Kier alpha value is -5.80. The molecule has 8 aromatic rings. The summed E-state index contributed by atoms with van der Waals surface area (Å²) in [6.07, 6.45) is -4.52. The second kappa shape index (κ2) is 10.9. The highest BCUT2D eigenvalue weighted by Crippen LogP contribution is 2.44. The molecule has 0 aliphatic heterocycles. The summed E-state index contributed by atoms with van der Waals surface area (Å²) < 4.78 is 46.7. The smallest absolute Gasteiger partial charge is 0.308 e. The van der Waals surface area contributed by atoms with E-state index in [1.165, 1.54) is 0 Å². The second-order valence-corrected chi connectivity index (χ2v) is 13.3. The molecule has 0 saturated carbocycles. The lowest BCUT2D eigenvalue weighted by atomic mass is 9.97. The molecule has 0 saturated heterocycles. The van der Waals surface area contributed by atoms with Crippen LogP contribution in [0, 0.1) is 41.2 Å². The van der Waals surface area contributed by atoms with Gasteiger partial charge in [0, 0.05) is 21.5 Å². The number of aromatic nitrogens is 2. The molecule has 0 radical (unpaired) electrons. The molecule has 0 bridgehead atoms. The first kappa shape index (κ1) is 30.5. The third-order valence-electron chi connectivity index (χ3n) is 9.56. The van der Waals surface area contributed by atoms with Crippen LogP contribution in [-0.4, -0.2) is 9.13 Å². The molecule has 49 heavy (non-hydrogen) atoms. The lowest BCUT2D eigenvalue weighted by molar-refractivity contribution is -0.137. The van der Waals surface area contributed by atoms with Gasteiger partial charge in [0.05, 0.1) is 45.6 Å². The van der Waals surface area contributed by atoms with E-state index in [9.17, 15) is 13.2 Å². The van der Waals surface area contributed by atoms with Crippen LogP contribution < -0.4 is 0 Å². The van der Waals surface area contributed by atoms with Gasteiger partial charge in [-0.1, -0.05) is 52.6 Å². The van der Waals surface area contributed by atoms with E-state index >= 15 is 0 Å². The van der Waals surface area contributed by atoms with E-state index in [0.717, 1.165) is 89.4 Å². The van der Waals surface area contributed by atoms with Gasteiger partial charge in [0.1, 0.15) is 0 Å². The predicted octanol–water partition coefficient (Wildman–Crippen LogP) is 12.7. The van der Waals surface area contributed by atoms with Crippen molar-refractivity contribution in [3.05, 3.63) is 148 Å². The standard InChI is InChI=1S/C43H32F3N3/c1-24-7-11-37-32(17-24)33-18-25(2)8-12-38(33)48(37)41-22-31(29-15-28(5)16-30(21-29)43(44,45)46)36(47-6)23-42(41)49-39-13-9-26(3)19-34(39)35-20-27(4)10-14-40(35)49/h7-23H,1-5H3. The van der Waals surface area contributed by atoms with Gasteiger partial charge in [-0.25, -0.2) is 4.85 Å². The van der Waals surface area contributed by atoms with E-state index in [-0.39, 0.29) is 5.69 Å². The van der Waals surface area contributed by atoms with Crippen LogP contribution in [0.1, 0.15) is 33.4 Å². The Labute approximate surface area is 282 Å². The quantitative estimate of drug-likeness (QED) is 0.170. The van der Waals surface area contributed by atoms with Crippen molar-refractivity contribution in [3.8, 4) is 22.5 Å². The van der Waals surface area contributed by atoms with Crippen LogP contribution in [0.15, 0.2) is 103 Å². The van der Waals surface area contributed by atoms with E-state index in [1.54, 1.807) is 13.0 Å². The fourth-order valence-electron chi connectivity index (χ4n) is 7.37. The number of hydrogen-bond acceptors (Lipinski definition) is 0. The van der Waals surface area contributed by atoms with Crippen LogP contribution in [0.3, 0.4) is 0 Å². The molecule has 0 N–H and O–H groups in total. The first-order valence-electron chi connectivity index (χ1n) is 16.2. The van der Waals surface area contributed by atoms with Crippen molar-refractivity contribution in [3.63, 3.8) is 0 Å². The first-order valence-corrected chi connectivity index (χ1v) is 16.2. The molecule has 0 aliphatic carbocycles. The minimum absolute atomic E-state index is 0.277. The van der Waals surface area contributed by atoms with Crippen molar-refractivity contribution in [2.45, 2.75) is 40.8 Å². The summed E-state index contributed by atoms with van der Waals surface area (Å²) in [6, 6.07) is 33.3. The third kappa shape index (κ3) is 4.88. The van der Waals surface area contributed by atoms with Crippen LogP contribution in [0.5, 0.6) is 0 Å². The molecule has 8 rings (SSSR count). The summed E-state index contributed by atoms with van der Waals surface area (Å²) in [7, 11) is 0. The summed E-state index contributed by atoms with van der Waals surface area (Å²) in [5.41, 5.74) is 10.8. The fourth-order valence-corrected chi connectivity index (χ4v) is 7.37. The number of benzene rings is 6. The number of rotatable bonds is 3. The summed E-state index contributed by atoms with van der Waals surface area (Å²) in [4.78, 5) is 3.94. The summed E-state index contributed by atoms with van der Waals surface area (Å²) in [5.74, 6) is 0. The van der Waals surface area contributed by atoms with Crippen molar-refractivity contribution >= 4 is 49.3 Å². The number of aryl methyl sites for hydroxylation is 5. The average Bonchev–Trinajstić information content (AvgIpc) is 3.54. The maximum Gasteiger partial charge on any atom is 0.416 e. The molecule has 240 valence electrons. The van der Waals surface area contributed by atoms with Crippen LogP contribution >= 0.6 is 0 Å². The highest BCUT2D eigenvalue weighted by atomic mass is 19.4. The summed E-state index contributed by atoms with van der Waals surface area (Å²) in [6.45, 7) is 18.3. The van der Waals surface area contributed by atoms with E-state index in [2.05, 4.69) is 114 Å². The minimum atomic E-state index is -4.52. The van der Waals surface area contributed by atoms with Gasteiger partial charge in [-0.05, 0) is 124 Å². The largest absolute Gasteiger partial charge is 0.416 e. The van der Waals surface area contributed by atoms with Crippen molar-refractivity contribution in [1.29, 1.82) is 0 Å². The van der Waals surface area contributed by atoms with Gasteiger partial charge in [-0.15, -0.1) is 0 Å². The fraction of sp³-hybridized carbons (Fsp3) is 0.140. The maximum absolute atomic E-state index is 14.1. The summed E-state index contributed by atoms with van der Waals surface area (Å²) in [5, 5.41) is 4.37. The van der Waals surface area contributed by atoms with E-state index < -0.39 is 11.7 Å². The molecule has 0 aliphatic rings. The molecule has 0 amide bonds. The van der Waals surface area contributed by atoms with E-state index in [4.69, 9.17) is 6.57 Å². The van der Waals surface area contributed by atoms with Crippen molar-refractivity contribution in [2.24, 2.45) is 0 Å². The van der Waals surface area contributed by atoms with Gasteiger partial charge in [0.25, 0.3) is 0 Å².